The number of benzene rings is 1. The van der Waals surface area contributed by atoms with Gasteiger partial charge in [0.25, 0.3) is 0 Å². The summed E-state index contributed by atoms with van der Waals surface area (Å²) in [4.78, 5) is 0. The second-order valence-electron chi connectivity index (χ2n) is 5.95. The van der Waals surface area contributed by atoms with Gasteiger partial charge in [0.15, 0.2) is 0 Å². The van der Waals surface area contributed by atoms with Gasteiger partial charge in [-0.1, -0.05) is 38.1 Å². The highest BCUT2D eigenvalue weighted by molar-refractivity contribution is 5.26. The number of hydrogen-bond acceptors (Lipinski definition) is 3. The van der Waals surface area contributed by atoms with Crippen LogP contribution in [0.25, 0.3) is 0 Å². The molecule has 0 aliphatic heterocycles. The van der Waals surface area contributed by atoms with E-state index in [-0.39, 0.29) is 0 Å². The molecule has 0 unspecified atom stereocenters. The average Bonchev–Trinajstić information content (AvgIpc) is 3.25. The van der Waals surface area contributed by atoms with Gasteiger partial charge >= 0.3 is 0 Å². The van der Waals surface area contributed by atoms with Crippen LogP contribution in [0.5, 0.6) is 0 Å². The first-order valence-corrected chi connectivity index (χ1v) is 7.71. The molecule has 0 bridgehead atoms. The van der Waals surface area contributed by atoms with Gasteiger partial charge in [-0.2, -0.15) is 0 Å². The van der Waals surface area contributed by atoms with E-state index in [9.17, 15) is 0 Å². The molecule has 1 aromatic carbocycles. The second kappa shape index (κ2) is 8.40. The Hall–Kier alpha value is -0.900. The SMILES string of the molecule is CC(C)COCCOCc1ccccc1CNC1CC1. The first-order valence-electron chi connectivity index (χ1n) is 7.71. The summed E-state index contributed by atoms with van der Waals surface area (Å²) < 4.78 is 11.2. The highest BCUT2D eigenvalue weighted by Gasteiger charge is 2.20. The van der Waals surface area contributed by atoms with Gasteiger partial charge in [-0.15, -0.1) is 0 Å². The molecule has 3 nitrogen and oxygen atoms in total. The molecule has 1 N–H and O–H groups in total. The van der Waals surface area contributed by atoms with E-state index in [1.165, 1.54) is 24.0 Å². The smallest absolute Gasteiger partial charge is 0.0721 e. The van der Waals surface area contributed by atoms with Crippen LogP contribution < -0.4 is 5.32 Å². The van der Waals surface area contributed by atoms with Gasteiger partial charge in [0.1, 0.15) is 0 Å². The molecular weight excluding hydrogens is 250 g/mol. The highest BCUT2D eigenvalue weighted by Crippen LogP contribution is 2.20. The van der Waals surface area contributed by atoms with Crippen LogP contribution >= 0.6 is 0 Å². The van der Waals surface area contributed by atoms with Crippen molar-refractivity contribution in [2.45, 2.75) is 45.9 Å². The molecule has 2 rings (SSSR count). The van der Waals surface area contributed by atoms with Crippen LogP contribution in [0.1, 0.15) is 37.8 Å². The lowest BCUT2D eigenvalue weighted by Gasteiger charge is -2.11. The van der Waals surface area contributed by atoms with E-state index in [1.807, 2.05) is 0 Å². The van der Waals surface area contributed by atoms with Crippen molar-refractivity contribution in [1.29, 1.82) is 0 Å². The zero-order valence-corrected chi connectivity index (χ0v) is 12.7. The molecule has 1 saturated carbocycles. The molecule has 0 atom stereocenters. The maximum atomic E-state index is 5.71. The molecule has 112 valence electrons. The third-order valence-electron chi connectivity index (χ3n) is 3.36. The molecule has 0 aromatic heterocycles. The predicted molar refractivity (Wildman–Crippen MR) is 81.6 cm³/mol. The Morgan fingerprint density at radius 1 is 1.10 bits per heavy atom. The van der Waals surface area contributed by atoms with Gasteiger partial charge in [0, 0.05) is 19.2 Å². The van der Waals surface area contributed by atoms with Crippen LogP contribution in [0, 0.1) is 5.92 Å². The summed E-state index contributed by atoms with van der Waals surface area (Å²) >= 11 is 0. The fraction of sp³-hybridized carbons (Fsp3) is 0.647. The molecule has 0 saturated heterocycles. The van der Waals surface area contributed by atoms with Crippen LogP contribution in [-0.4, -0.2) is 25.9 Å². The van der Waals surface area contributed by atoms with E-state index in [1.54, 1.807) is 0 Å². The van der Waals surface area contributed by atoms with E-state index in [0.717, 1.165) is 19.2 Å². The molecule has 0 radical (unpaired) electrons. The van der Waals surface area contributed by atoms with Crippen molar-refractivity contribution in [3.8, 4) is 0 Å². The van der Waals surface area contributed by atoms with Crippen molar-refractivity contribution in [3.63, 3.8) is 0 Å². The molecule has 0 heterocycles. The van der Waals surface area contributed by atoms with Gasteiger partial charge in [0.05, 0.1) is 19.8 Å². The molecule has 20 heavy (non-hydrogen) atoms. The first kappa shape index (κ1) is 15.5. The van der Waals surface area contributed by atoms with E-state index in [4.69, 9.17) is 9.47 Å². The third-order valence-corrected chi connectivity index (χ3v) is 3.36. The lowest BCUT2D eigenvalue weighted by Crippen LogP contribution is -2.17. The fourth-order valence-corrected chi connectivity index (χ4v) is 2.03. The van der Waals surface area contributed by atoms with Crippen molar-refractivity contribution in [3.05, 3.63) is 35.4 Å². The lowest BCUT2D eigenvalue weighted by molar-refractivity contribution is 0.0312. The maximum Gasteiger partial charge on any atom is 0.0721 e. The summed E-state index contributed by atoms with van der Waals surface area (Å²) in [6, 6.07) is 9.25. The molecule has 0 spiro atoms. The monoisotopic (exact) mass is 277 g/mol. The molecule has 1 aromatic rings. The summed E-state index contributed by atoms with van der Waals surface area (Å²) in [6.45, 7) is 8.10. The molecule has 3 heteroatoms. The zero-order valence-electron chi connectivity index (χ0n) is 12.7. The average molecular weight is 277 g/mol. The van der Waals surface area contributed by atoms with Gasteiger partial charge in [-0.05, 0) is 29.9 Å². The Morgan fingerprint density at radius 3 is 2.50 bits per heavy atom. The van der Waals surface area contributed by atoms with Crippen molar-refractivity contribution in [2.75, 3.05) is 19.8 Å². The summed E-state index contributed by atoms with van der Waals surface area (Å²) in [7, 11) is 0. The zero-order chi connectivity index (χ0) is 14.2. The lowest BCUT2D eigenvalue weighted by atomic mass is 10.1. The van der Waals surface area contributed by atoms with E-state index < -0.39 is 0 Å². The standard InChI is InChI=1S/C17H27NO2/c1-14(2)12-19-9-10-20-13-16-6-4-3-5-15(16)11-18-17-7-8-17/h3-6,14,17-18H,7-13H2,1-2H3. The van der Waals surface area contributed by atoms with E-state index in [2.05, 4.69) is 43.4 Å². The van der Waals surface area contributed by atoms with Crippen LogP contribution in [0.2, 0.25) is 0 Å². The van der Waals surface area contributed by atoms with Crippen molar-refractivity contribution < 1.29 is 9.47 Å². The molecular formula is C17H27NO2. The minimum atomic E-state index is 0.587. The second-order valence-corrected chi connectivity index (χ2v) is 5.95. The Balaban J connectivity index is 1.66. The Bertz CT molecular complexity index is 388. The predicted octanol–water partition coefficient (Wildman–Crippen LogP) is 3.13. The summed E-state index contributed by atoms with van der Waals surface area (Å²) in [5.74, 6) is 0.587. The fourth-order valence-electron chi connectivity index (χ4n) is 2.03. The van der Waals surface area contributed by atoms with Gasteiger partial charge in [-0.25, -0.2) is 0 Å². The maximum absolute atomic E-state index is 5.71. The Morgan fingerprint density at radius 2 is 1.80 bits per heavy atom. The molecule has 1 aliphatic carbocycles. The molecule has 1 aliphatic rings. The molecule has 0 amide bonds. The third kappa shape index (κ3) is 6.04. The highest BCUT2D eigenvalue weighted by atomic mass is 16.5. The summed E-state index contributed by atoms with van der Waals surface area (Å²) in [5.41, 5.74) is 2.63. The number of hydrogen-bond donors (Lipinski definition) is 1. The van der Waals surface area contributed by atoms with Crippen LogP contribution in [0.3, 0.4) is 0 Å². The topological polar surface area (TPSA) is 30.5 Å². The molecule has 1 fully saturated rings. The van der Waals surface area contributed by atoms with E-state index >= 15 is 0 Å². The summed E-state index contributed by atoms with van der Waals surface area (Å²) in [6.07, 6.45) is 2.65. The van der Waals surface area contributed by atoms with Gasteiger partial charge < -0.3 is 14.8 Å². The quantitative estimate of drug-likeness (QED) is 0.667. The minimum absolute atomic E-state index is 0.587. The Kier molecular flexibility index (Phi) is 6.51. The number of rotatable bonds is 10. The van der Waals surface area contributed by atoms with Gasteiger partial charge in [0.2, 0.25) is 0 Å². The number of nitrogens with one attached hydrogen (secondary N) is 1. The van der Waals surface area contributed by atoms with Crippen LogP contribution in [0.4, 0.5) is 0 Å². The largest absolute Gasteiger partial charge is 0.379 e. The van der Waals surface area contributed by atoms with Crippen LogP contribution in [-0.2, 0) is 22.6 Å². The van der Waals surface area contributed by atoms with Crippen molar-refractivity contribution >= 4 is 0 Å². The first-order chi connectivity index (χ1) is 9.75. The number of ether oxygens (including phenoxy) is 2. The van der Waals surface area contributed by atoms with Crippen molar-refractivity contribution in [2.24, 2.45) is 5.92 Å². The van der Waals surface area contributed by atoms with Crippen LogP contribution in [0.15, 0.2) is 24.3 Å². The Labute approximate surface area is 122 Å². The normalized spacial score (nSPS) is 14.9. The minimum Gasteiger partial charge on any atom is -0.379 e. The summed E-state index contributed by atoms with van der Waals surface area (Å²) in [5, 5.41) is 3.56. The van der Waals surface area contributed by atoms with Gasteiger partial charge in [-0.3, -0.25) is 0 Å². The van der Waals surface area contributed by atoms with E-state index in [0.29, 0.717) is 25.7 Å². The van der Waals surface area contributed by atoms with Crippen molar-refractivity contribution in [1.82, 2.24) is 5.32 Å².